The Morgan fingerprint density at radius 1 is 1.21 bits per heavy atom. The Bertz CT molecular complexity index is 790. The van der Waals surface area contributed by atoms with Gasteiger partial charge in [0.25, 0.3) is 5.91 Å². The highest BCUT2D eigenvalue weighted by Crippen LogP contribution is 2.28. The average Bonchev–Trinajstić information content (AvgIpc) is 3.29. The molecule has 0 saturated heterocycles. The Kier molecular flexibility index (Phi) is 4.96. The van der Waals surface area contributed by atoms with Crippen molar-refractivity contribution >= 4 is 28.1 Å². The molecule has 24 heavy (non-hydrogen) atoms. The van der Waals surface area contributed by atoms with E-state index in [-0.39, 0.29) is 5.91 Å². The molecule has 0 unspecified atom stereocenters. The summed E-state index contributed by atoms with van der Waals surface area (Å²) in [5, 5.41) is 5.90. The Morgan fingerprint density at radius 3 is 2.58 bits per heavy atom. The van der Waals surface area contributed by atoms with Crippen molar-refractivity contribution in [2.75, 3.05) is 23.3 Å². The van der Waals surface area contributed by atoms with Crippen molar-refractivity contribution in [2.24, 2.45) is 0 Å². The van der Waals surface area contributed by atoms with Gasteiger partial charge in [-0.15, -0.1) is 11.3 Å². The van der Waals surface area contributed by atoms with Crippen molar-refractivity contribution in [1.29, 1.82) is 0 Å². The maximum atomic E-state index is 12.0. The molecular weight excluding hydrogens is 322 g/mol. The third-order valence-electron chi connectivity index (χ3n) is 3.71. The zero-order valence-electron chi connectivity index (χ0n) is 13.7. The number of furan rings is 1. The summed E-state index contributed by atoms with van der Waals surface area (Å²) in [7, 11) is 0. The molecule has 6 heteroatoms. The van der Waals surface area contributed by atoms with Crippen molar-refractivity contribution in [1.82, 2.24) is 4.98 Å². The number of amides is 1. The highest BCUT2D eigenvalue weighted by Gasteiger charge is 2.11. The number of thiazole rings is 1. The molecule has 0 spiro atoms. The lowest BCUT2D eigenvalue weighted by Crippen LogP contribution is -2.21. The number of hydrogen-bond donors (Lipinski definition) is 1. The first-order valence-electron chi connectivity index (χ1n) is 7.87. The molecule has 0 aliphatic rings. The SMILES string of the molecule is CCN(CC)c1nc(-c2ccc(NC(=O)c3ccco3)cc2)cs1. The first kappa shape index (κ1) is 16.3. The standard InChI is InChI=1S/C18H19N3O2S/c1-3-21(4-2)18-20-15(12-24-18)13-7-9-14(10-8-13)19-17(22)16-6-5-11-23-16/h5-12H,3-4H2,1-2H3,(H,19,22). The molecule has 124 valence electrons. The highest BCUT2D eigenvalue weighted by atomic mass is 32.1. The molecule has 0 aliphatic heterocycles. The van der Waals surface area contributed by atoms with Gasteiger partial charge in [0.05, 0.1) is 12.0 Å². The zero-order chi connectivity index (χ0) is 16.9. The second-order valence-corrected chi connectivity index (χ2v) is 6.03. The molecule has 2 heterocycles. The van der Waals surface area contributed by atoms with Crippen LogP contribution in [0.15, 0.2) is 52.5 Å². The van der Waals surface area contributed by atoms with Crippen LogP contribution in [0.2, 0.25) is 0 Å². The van der Waals surface area contributed by atoms with Crippen LogP contribution in [0, 0.1) is 0 Å². The number of hydrogen-bond acceptors (Lipinski definition) is 5. The maximum Gasteiger partial charge on any atom is 0.291 e. The lowest BCUT2D eigenvalue weighted by atomic mass is 10.1. The summed E-state index contributed by atoms with van der Waals surface area (Å²) >= 11 is 1.65. The van der Waals surface area contributed by atoms with Crippen molar-refractivity contribution in [3.8, 4) is 11.3 Å². The summed E-state index contributed by atoms with van der Waals surface area (Å²) < 4.78 is 5.08. The number of rotatable bonds is 6. The quantitative estimate of drug-likeness (QED) is 0.717. The van der Waals surface area contributed by atoms with Gasteiger partial charge in [-0.1, -0.05) is 12.1 Å². The van der Waals surface area contributed by atoms with Crippen LogP contribution in [-0.4, -0.2) is 24.0 Å². The van der Waals surface area contributed by atoms with E-state index in [1.54, 1.807) is 23.5 Å². The molecule has 5 nitrogen and oxygen atoms in total. The first-order chi connectivity index (χ1) is 11.7. The summed E-state index contributed by atoms with van der Waals surface area (Å²) in [6, 6.07) is 11.0. The van der Waals surface area contributed by atoms with Crippen LogP contribution in [0.1, 0.15) is 24.4 Å². The van der Waals surface area contributed by atoms with E-state index in [9.17, 15) is 4.79 Å². The zero-order valence-corrected chi connectivity index (χ0v) is 14.5. The van der Waals surface area contributed by atoms with Gasteiger partial charge in [-0.3, -0.25) is 4.79 Å². The van der Waals surface area contributed by atoms with Gasteiger partial charge < -0.3 is 14.6 Å². The van der Waals surface area contributed by atoms with E-state index in [1.807, 2.05) is 24.3 Å². The molecule has 0 bridgehead atoms. The molecule has 0 fully saturated rings. The van der Waals surface area contributed by atoms with Gasteiger partial charge in [0.1, 0.15) is 0 Å². The highest BCUT2D eigenvalue weighted by molar-refractivity contribution is 7.14. The monoisotopic (exact) mass is 341 g/mol. The van der Waals surface area contributed by atoms with E-state index in [0.717, 1.165) is 35.2 Å². The van der Waals surface area contributed by atoms with Crippen LogP contribution in [0.25, 0.3) is 11.3 Å². The van der Waals surface area contributed by atoms with Gasteiger partial charge in [-0.05, 0) is 38.1 Å². The van der Waals surface area contributed by atoms with E-state index in [2.05, 4.69) is 29.4 Å². The molecule has 0 aliphatic carbocycles. The topological polar surface area (TPSA) is 58.4 Å². The maximum absolute atomic E-state index is 12.0. The molecule has 1 amide bonds. The molecule has 2 aromatic heterocycles. The van der Waals surface area contributed by atoms with Gasteiger partial charge in [-0.25, -0.2) is 4.98 Å². The predicted molar refractivity (Wildman–Crippen MR) is 97.8 cm³/mol. The average molecular weight is 341 g/mol. The van der Waals surface area contributed by atoms with E-state index >= 15 is 0 Å². The fourth-order valence-corrected chi connectivity index (χ4v) is 3.33. The Balaban J connectivity index is 1.71. The molecule has 0 saturated carbocycles. The van der Waals surface area contributed by atoms with Crippen molar-refractivity contribution in [3.05, 3.63) is 53.8 Å². The molecule has 0 radical (unpaired) electrons. The number of nitrogens with zero attached hydrogens (tertiary/aromatic N) is 2. The van der Waals surface area contributed by atoms with E-state index < -0.39 is 0 Å². The lowest BCUT2D eigenvalue weighted by molar-refractivity contribution is 0.0996. The van der Waals surface area contributed by atoms with E-state index in [4.69, 9.17) is 9.40 Å². The fraction of sp³-hybridized carbons (Fsp3) is 0.222. The summed E-state index contributed by atoms with van der Waals surface area (Å²) in [4.78, 5) is 18.9. The van der Waals surface area contributed by atoms with Gasteiger partial charge in [0.2, 0.25) is 0 Å². The normalized spacial score (nSPS) is 10.6. The minimum Gasteiger partial charge on any atom is -0.459 e. The minimum atomic E-state index is -0.259. The van der Waals surface area contributed by atoms with Gasteiger partial charge in [-0.2, -0.15) is 0 Å². The van der Waals surface area contributed by atoms with E-state index in [1.165, 1.54) is 6.26 Å². The van der Waals surface area contributed by atoms with E-state index in [0.29, 0.717) is 5.76 Å². The molecule has 3 rings (SSSR count). The smallest absolute Gasteiger partial charge is 0.291 e. The summed E-state index contributed by atoms with van der Waals surface area (Å²) in [5.41, 5.74) is 2.70. The van der Waals surface area contributed by atoms with Crippen LogP contribution in [0.5, 0.6) is 0 Å². The molecule has 1 aromatic carbocycles. The van der Waals surface area contributed by atoms with Gasteiger partial charge >= 0.3 is 0 Å². The van der Waals surface area contributed by atoms with Crippen molar-refractivity contribution in [2.45, 2.75) is 13.8 Å². The van der Waals surface area contributed by atoms with Crippen LogP contribution in [0.3, 0.4) is 0 Å². The second-order valence-electron chi connectivity index (χ2n) is 5.20. The fourth-order valence-electron chi connectivity index (χ4n) is 2.36. The van der Waals surface area contributed by atoms with Crippen molar-refractivity contribution in [3.63, 3.8) is 0 Å². The third-order valence-corrected chi connectivity index (χ3v) is 4.61. The summed E-state index contributed by atoms with van der Waals surface area (Å²) in [6.07, 6.45) is 1.48. The number of aromatic nitrogens is 1. The predicted octanol–water partition coefficient (Wildman–Crippen LogP) is 4.50. The molecule has 0 atom stereocenters. The largest absolute Gasteiger partial charge is 0.459 e. The lowest BCUT2D eigenvalue weighted by Gasteiger charge is -2.16. The van der Waals surface area contributed by atoms with Crippen LogP contribution in [-0.2, 0) is 0 Å². The van der Waals surface area contributed by atoms with Gasteiger partial charge in [0, 0.05) is 29.7 Å². The number of carbonyl (C=O) groups is 1. The number of benzene rings is 1. The molecule has 1 N–H and O–H groups in total. The van der Waals surface area contributed by atoms with Crippen LogP contribution < -0.4 is 10.2 Å². The number of anilines is 2. The number of nitrogens with one attached hydrogen (secondary N) is 1. The minimum absolute atomic E-state index is 0.259. The summed E-state index contributed by atoms with van der Waals surface area (Å²) in [5.74, 6) is 0.0349. The Hall–Kier alpha value is -2.60. The summed E-state index contributed by atoms with van der Waals surface area (Å²) in [6.45, 7) is 6.14. The second kappa shape index (κ2) is 7.31. The Labute approximate surface area is 144 Å². The van der Waals surface area contributed by atoms with Gasteiger partial charge in [0.15, 0.2) is 10.9 Å². The molecular formula is C18H19N3O2S. The third kappa shape index (κ3) is 3.49. The Morgan fingerprint density at radius 2 is 1.96 bits per heavy atom. The van der Waals surface area contributed by atoms with Crippen LogP contribution in [0.4, 0.5) is 10.8 Å². The van der Waals surface area contributed by atoms with Crippen molar-refractivity contribution < 1.29 is 9.21 Å². The number of carbonyl (C=O) groups excluding carboxylic acids is 1. The van der Waals surface area contributed by atoms with Crippen LogP contribution >= 0.6 is 11.3 Å². The first-order valence-corrected chi connectivity index (χ1v) is 8.75. The molecule has 3 aromatic rings.